The number of rotatable bonds is 3. The van der Waals surface area contributed by atoms with Gasteiger partial charge in [-0.25, -0.2) is 4.98 Å². The Balaban J connectivity index is 1.88. The van der Waals surface area contributed by atoms with Gasteiger partial charge < -0.3 is 4.90 Å². The fraction of sp³-hybridized carbons (Fsp3) is 0.0667. The molecule has 0 unspecified atom stereocenters. The molecule has 1 aromatic carbocycles. The molecule has 0 N–H and O–H groups in total. The quantitative estimate of drug-likeness (QED) is 0.706. The van der Waals surface area contributed by atoms with Gasteiger partial charge in [-0.05, 0) is 36.4 Å². The number of benzene rings is 1. The molecule has 3 rings (SSSR count). The predicted octanol–water partition coefficient (Wildman–Crippen LogP) is 4.63. The summed E-state index contributed by atoms with van der Waals surface area (Å²) in [6, 6.07) is 11.6. The minimum Gasteiger partial charge on any atom is -0.321 e. The lowest BCUT2D eigenvalue weighted by molar-refractivity contribution is 1.17. The number of thiazole rings is 1. The number of anilines is 2. The average molecular weight is 302 g/mol. The van der Waals surface area contributed by atoms with Crippen LogP contribution in [0.1, 0.15) is 0 Å². The third kappa shape index (κ3) is 2.66. The summed E-state index contributed by atoms with van der Waals surface area (Å²) >= 11 is 7.52. The first kappa shape index (κ1) is 13.1. The van der Waals surface area contributed by atoms with E-state index in [-0.39, 0.29) is 0 Å². The van der Waals surface area contributed by atoms with Gasteiger partial charge in [-0.15, -0.1) is 11.3 Å². The van der Waals surface area contributed by atoms with Crippen LogP contribution >= 0.6 is 22.9 Å². The van der Waals surface area contributed by atoms with E-state index in [0.29, 0.717) is 0 Å². The van der Waals surface area contributed by atoms with E-state index in [1.54, 1.807) is 23.7 Å². The number of nitrogens with zero attached hydrogens (tertiary/aromatic N) is 3. The van der Waals surface area contributed by atoms with Crippen LogP contribution in [0.4, 0.5) is 10.8 Å². The lowest BCUT2D eigenvalue weighted by Crippen LogP contribution is -2.08. The number of hydrogen-bond donors (Lipinski definition) is 0. The van der Waals surface area contributed by atoms with Gasteiger partial charge in [-0.1, -0.05) is 11.6 Å². The van der Waals surface area contributed by atoms with E-state index in [9.17, 15) is 0 Å². The zero-order chi connectivity index (χ0) is 13.9. The second-order valence-corrected chi connectivity index (χ2v) is 5.56. The van der Waals surface area contributed by atoms with Crippen LogP contribution in [0.3, 0.4) is 0 Å². The van der Waals surface area contributed by atoms with E-state index in [4.69, 9.17) is 11.6 Å². The Bertz CT molecular complexity index is 695. The van der Waals surface area contributed by atoms with E-state index in [0.717, 1.165) is 27.1 Å². The summed E-state index contributed by atoms with van der Waals surface area (Å²) in [6.45, 7) is 0. The van der Waals surface area contributed by atoms with Crippen molar-refractivity contribution >= 4 is 33.8 Å². The van der Waals surface area contributed by atoms with E-state index in [1.165, 1.54) is 0 Å². The Labute approximate surface area is 126 Å². The second kappa shape index (κ2) is 5.61. The Morgan fingerprint density at radius 3 is 2.45 bits per heavy atom. The molecule has 0 aliphatic heterocycles. The van der Waals surface area contributed by atoms with E-state index >= 15 is 0 Å². The van der Waals surface area contributed by atoms with Crippen LogP contribution in [0.25, 0.3) is 11.3 Å². The van der Waals surface area contributed by atoms with E-state index in [2.05, 4.69) is 15.3 Å². The lowest BCUT2D eigenvalue weighted by Gasteiger charge is -2.15. The van der Waals surface area contributed by atoms with Crippen LogP contribution in [-0.4, -0.2) is 17.0 Å². The maximum Gasteiger partial charge on any atom is 0.190 e. The summed E-state index contributed by atoms with van der Waals surface area (Å²) in [5.41, 5.74) is 3.10. The third-order valence-corrected chi connectivity index (χ3v) is 4.14. The van der Waals surface area contributed by atoms with Gasteiger partial charge in [0.1, 0.15) is 0 Å². The first-order valence-electron chi connectivity index (χ1n) is 6.09. The number of pyridine rings is 1. The van der Waals surface area contributed by atoms with Crippen molar-refractivity contribution in [2.75, 3.05) is 11.9 Å². The van der Waals surface area contributed by atoms with Crippen LogP contribution in [-0.2, 0) is 0 Å². The van der Waals surface area contributed by atoms with Crippen LogP contribution in [0.5, 0.6) is 0 Å². The average Bonchev–Trinajstić information content (AvgIpc) is 2.98. The molecule has 0 spiro atoms. The van der Waals surface area contributed by atoms with Crippen molar-refractivity contribution in [3.63, 3.8) is 0 Å². The molecule has 3 nitrogen and oxygen atoms in total. The minimum atomic E-state index is 0.735. The SMILES string of the molecule is CN(c1ccc(Cl)cc1)c1nc(-c2ccncc2)cs1. The van der Waals surface area contributed by atoms with Gasteiger partial charge >= 0.3 is 0 Å². The molecule has 0 saturated heterocycles. The van der Waals surface area contributed by atoms with Crippen LogP contribution < -0.4 is 4.90 Å². The maximum absolute atomic E-state index is 5.91. The summed E-state index contributed by atoms with van der Waals surface area (Å²) < 4.78 is 0. The molecule has 20 heavy (non-hydrogen) atoms. The Kier molecular flexibility index (Phi) is 3.67. The molecule has 0 atom stereocenters. The Morgan fingerprint density at radius 2 is 1.75 bits per heavy atom. The fourth-order valence-corrected chi connectivity index (χ4v) is 2.80. The van der Waals surface area contributed by atoms with Crippen molar-refractivity contribution in [1.29, 1.82) is 0 Å². The number of hydrogen-bond acceptors (Lipinski definition) is 4. The van der Waals surface area contributed by atoms with Gasteiger partial charge in [0.15, 0.2) is 5.13 Å². The van der Waals surface area contributed by atoms with Gasteiger partial charge in [0.25, 0.3) is 0 Å². The normalized spacial score (nSPS) is 10.5. The maximum atomic E-state index is 5.91. The fourth-order valence-electron chi connectivity index (χ4n) is 1.85. The number of halogens is 1. The summed E-state index contributed by atoms with van der Waals surface area (Å²) in [6.07, 6.45) is 3.55. The molecule has 2 heterocycles. The van der Waals surface area contributed by atoms with Gasteiger partial charge in [0.05, 0.1) is 5.69 Å². The van der Waals surface area contributed by atoms with Gasteiger partial charge in [-0.3, -0.25) is 4.98 Å². The lowest BCUT2D eigenvalue weighted by atomic mass is 10.2. The summed E-state index contributed by atoms with van der Waals surface area (Å²) in [5.74, 6) is 0. The van der Waals surface area contributed by atoms with Gasteiger partial charge in [0, 0.05) is 41.1 Å². The summed E-state index contributed by atoms with van der Waals surface area (Å²) in [4.78, 5) is 10.7. The smallest absolute Gasteiger partial charge is 0.190 e. The van der Waals surface area contributed by atoms with E-state index in [1.807, 2.05) is 48.3 Å². The van der Waals surface area contributed by atoms with Crippen molar-refractivity contribution in [2.24, 2.45) is 0 Å². The highest BCUT2D eigenvalue weighted by molar-refractivity contribution is 7.14. The Morgan fingerprint density at radius 1 is 1.05 bits per heavy atom. The Hall–Kier alpha value is -1.91. The first-order valence-corrected chi connectivity index (χ1v) is 7.35. The highest BCUT2D eigenvalue weighted by Gasteiger charge is 2.10. The largest absolute Gasteiger partial charge is 0.321 e. The molecule has 0 bridgehead atoms. The second-order valence-electron chi connectivity index (χ2n) is 4.29. The van der Waals surface area contributed by atoms with Crippen LogP contribution in [0.2, 0.25) is 5.02 Å². The molecule has 0 aliphatic rings. The molecular weight excluding hydrogens is 290 g/mol. The summed E-state index contributed by atoms with van der Waals surface area (Å²) in [7, 11) is 2.00. The standard InChI is InChI=1S/C15H12ClN3S/c1-19(13-4-2-12(16)3-5-13)15-18-14(10-20-15)11-6-8-17-9-7-11/h2-10H,1H3. The molecule has 0 fully saturated rings. The molecule has 2 aromatic heterocycles. The van der Waals surface area contributed by atoms with Crippen LogP contribution in [0, 0.1) is 0 Å². The van der Waals surface area contributed by atoms with Crippen molar-refractivity contribution in [1.82, 2.24) is 9.97 Å². The summed E-state index contributed by atoms with van der Waals surface area (Å²) in [5, 5.41) is 3.73. The van der Waals surface area contributed by atoms with E-state index < -0.39 is 0 Å². The molecule has 0 amide bonds. The predicted molar refractivity (Wildman–Crippen MR) is 84.9 cm³/mol. The van der Waals surface area contributed by atoms with Gasteiger partial charge in [-0.2, -0.15) is 0 Å². The van der Waals surface area contributed by atoms with Crippen LogP contribution in [0.15, 0.2) is 54.2 Å². The molecule has 0 radical (unpaired) electrons. The monoisotopic (exact) mass is 301 g/mol. The number of aromatic nitrogens is 2. The van der Waals surface area contributed by atoms with Gasteiger partial charge in [0.2, 0.25) is 0 Å². The van der Waals surface area contributed by atoms with Crippen molar-refractivity contribution in [3.05, 3.63) is 59.2 Å². The highest BCUT2D eigenvalue weighted by atomic mass is 35.5. The molecule has 0 aliphatic carbocycles. The topological polar surface area (TPSA) is 29.0 Å². The third-order valence-electron chi connectivity index (χ3n) is 2.97. The van der Waals surface area contributed by atoms with Crippen molar-refractivity contribution < 1.29 is 0 Å². The van der Waals surface area contributed by atoms with Crippen molar-refractivity contribution in [2.45, 2.75) is 0 Å². The molecule has 5 heteroatoms. The molecular formula is C15H12ClN3S. The zero-order valence-electron chi connectivity index (χ0n) is 10.8. The highest BCUT2D eigenvalue weighted by Crippen LogP contribution is 2.31. The molecule has 100 valence electrons. The van der Waals surface area contributed by atoms with Crippen molar-refractivity contribution in [3.8, 4) is 11.3 Å². The first-order chi connectivity index (χ1) is 9.74. The molecule has 3 aromatic rings. The zero-order valence-corrected chi connectivity index (χ0v) is 12.4. The molecule has 0 saturated carbocycles. The minimum absolute atomic E-state index is 0.735.